The molecule has 0 bridgehead atoms. The second kappa shape index (κ2) is 6.97. The Morgan fingerprint density at radius 3 is 2.09 bits per heavy atom. The largest absolute Gasteiger partial charge is 0.302 e. The summed E-state index contributed by atoms with van der Waals surface area (Å²) < 4.78 is 0. The molecule has 0 atom stereocenters. The number of hydrogen-bond donors (Lipinski definition) is 0. The molecule has 0 spiro atoms. The van der Waals surface area contributed by atoms with E-state index in [1.54, 1.807) is 11.1 Å². The highest BCUT2D eigenvalue weighted by Gasteiger charge is 2.37. The number of hydrogen-bond acceptors (Lipinski definition) is 1. The molecule has 0 unspecified atom stereocenters. The van der Waals surface area contributed by atoms with Crippen LogP contribution in [0.15, 0.2) is 12.1 Å². The highest BCUT2D eigenvalue weighted by Crippen LogP contribution is 2.46. The molecule has 1 aromatic rings. The van der Waals surface area contributed by atoms with E-state index in [4.69, 9.17) is 0 Å². The van der Waals surface area contributed by atoms with Crippen molar-refractivity contribution in [2.24, 2.45) is 0 Å². The molecule has 0 heterocycles. The van der Waals surface area contributed by atoms with Gasteiger partial charge in [0.05, 0.1) is 0 Å². The first-order valence-corrected chi connectivity index (χ1v) is 9.50. The number of benzene rings is 1. The Labute approximate surface area is 144 Å². The molecule has 0 aromatic heterocycles. The molecule has 0 N–H and O–H groups in total. The van der Waals surface area contributed by atoms with Crippen LogP contribution in [0.4, 0.5) is 0 Å². The van der Waals surface area contributed by atoms with Gasteiger partial charge in [-0.2, -0.15) is 0 Å². The third-order valence-electron chi connectivity index (χ3n) is 5.89. The van der Waals surface area contributed by atoms with Crippen LogP contribution in [0.5, 0.6) is 0 Å². The van der Waals surface area contributed by atoms with Crippen LogP contribution in [-0.2, 0) is 17.4 Å². The van der Waals surface area contributed by atoms with Crippen LogP contribution in [0, 0.1) is 6.92 Å². The van der Waals surface area contributed by atoms with Crippen molar-refractivity contribution in [2.45, 2.75) is 91.0 Å². The van der Waals surface area contributed by atoms with Gasteiger partial charge < -0.3 is 4.90 Å². The SMILES string of the molecule is CCCCCN(C)Cc1cc2c(cc1C)C(C)(C)CCC2(C)C. The second-order valence-electron chi connectivity index (χ2n) is 9.04. The van der Waals surface area contributed by atoms with Crippen LogP contribution in [0.25, 0.3) is 0 Å². The van der Waals surface area contributed by atoms with Crippen molar-refractivity contribution in [3.05, 3.63) is 34.4 Å². The predicted octanol–water partition coefficient (Wildman–Crippen LogP) is 5.97. The van der Waals surface area contributed by atoms with Crippen LogP contribution < -0.4 is 0 Å². The Kier molecular flexibility index (Phi) is 5.61. The maximum atomic E-state index is 2.53. The summed E-state index contributed by atoms with van der Waals surface area (Å²) in [6.07, 6.45) is 6.55. The van der Waals surface area contributed by atoms with E-state index in [9.17, 15) is 0 Å². The third kappa shape index (κ3) is 4.18. The molecular formula is C22H37N. The maximum Gasteiger partial charge on any atom is 0.0233 e. The molecule has 1 aliphatic carbocycles. The summed E-state index contributed by atoms with van der Waals surface area (Å²) in [5.41, 5.74) is 6.81. The first-order valence-electron chi connectivity index (χ1n) is 9.50. The Morgan fingerprint density at radius 1 is 0.957 bits per heavy atom. The van der Waals surface area contributed by atoms with Crippen molar-refractivity contribution < 1.29 is 0 Å². The van der Waals surface area contributed by atoms with Gasteiger partial charge in [-0.15, -0.1) is 0 Å². The number of rotatable bonds is 6. The summed E-state index contributed by atoms with van der Waals surface area (Å²) in [6, 6.07) is 5.02. The van der Waals surface area contributed by atoms with E-state index in [2.05, 4.69) is 65.6 Å². The first kappa shape index (κ1) is 18.5. The fraction of sp³-hybridized carbons (Fsp3) is 0.727. The highest BCUT2D eigenvalue weighted by molar-refractivity contribution is 5.46. The average molecular weight is 316 g/mol. The molecular weight excluding hydrogens is 278 g/mol. The summed E-state index contributed by atoms with van der Waals surface area (Å²) in [5, 5.41) is 0. The molecule has 1 aromatic carbocycles. The minimum atomic E-state index is 0.314. The van der Waals surface area contributed by atoms with Gasteiger partial charge in [0, 0.05) is 6.54 Å². The zero-order valence-corrected chi connectivity index (χ0v) is 16.6. The zero-order valence-electron chi connectivity index (χ0n) is 16.6. The molecule has 0 fully saturated rings. The van der Waals surface area contributed by atoms with Crippen molar-refractivity contribution in [2.75, 3.05) is 13.6 Å². The normalized spacial score (nSPS) is 19.0. The second-order valence-corrected chi connectivity index (χ2v) is 9.04. The molecule has 1 aliphatic rings. The van der Waals surface area contributed by atoms with Crippen molar-refractivity contribution in [1.82, 2.24) is 4.90 Å². The summed E-state index contributed by atoms with van der Waals surface area (Å²) in [5.74, 6) is 0. The first-order chi connectivity index (χ1) is 10.7. The molecule has 2 rings (SSSR count). The van der Waals surface area contributed by atoms with Crippen LogP contribution in [-0.4, -0.2) is 18.5 Å². The van der Waals surface area contributed by atoms with Crippen LogP contribution in [0.2, 0.25) is 0 Å². The Bertz CT molecular complexity index is 539. The van der Waals surface area contributed by atoms with Gasteiger partial charge in [-0.1, -0.05) is 59.6 Å². The highest BCUT2D eigenvalue weighted by atomic mass is 15.1. The molecule has 0 amide bonds. The van der Waals surface area contributed by atoms with Gasteiger partial charge in [0.15, 0.2) is 0 Å². The van der Waals surface area contributed by atoms with Crippen molar-refractivity contribution in [3.8, 4) is 0 Å². The number of unbranched alkanes of at least 4 members (excludes halogenated alkanes) is 2. The molecule has 0 radical (unpaired) electrons. The summed E-state index contributed by atoms with van der Waals surface area (Å²) in [6.45, 7) is 16.5. The lowest BCUT2D eigenvalue weighted by molar-refractivity contribution is 0.313. The third-order valence-corrected chi connectivity index (χ3v) is 5.89. The molecule has 0 saturated carbocycles. The van der Waals surface area contributed by atoms with E-state index in [1.807, 2.05) is 0 Å². The fourth-order valence-corrected chi connectivity index (χ4v) is 3.94. The summed E-state index contributed by atoms with van der Waals surface area (Å²) in [7, 11) is 2.27. The fourth-order valence-electron chi connectivity index (χ4n) is 3.94. The minimum Gasteiger partial charge on any atom is -0.302 e. The zero-order chi connectivity index (χ0) is 17.3. The standard InChI is InChI=1S/C22H37N/c1-8-9-10-13-23(7)16-18-15-20-19(14-17(18)2)21(3,4)11-12-22(20,5)6/h14-15H,8-13,16H2,1-7H3. The van der Waals surface area contributed by atoms with Crippen LogP contribution in [0.3, 0.4) is 0 Å². The Morgan fingerprint density at radius 2 is 1.52 bits per heavy atom. The van der Waals surface area contributed by atoms with Crippen LogP contribution >= 0.6 is 0 Å². The lowest BCUT2D eigenvalue weighted by Gasteiger charge is -2.42. The lowest BCUT2D eigenvalue weighted by Crippen LogP contribution is -2.34. The topological polar surface area (TPSA) is 3.24 Å². The van der Waals surface area contributed by atoms with E-state index in [1.165, 1.54) is 49.8 Å². The van der Waals surface area contributed by atoms with Gasteiger partial charge in [0.2, 0.25) is 0 Å². The van der Waals surface area contributed by atoms with Gasteiger partial charge in [-0.25, -0.2) is 0 Å². The van der Waals surface area contributed by atoms with Crippen LogP contribution in [0.1, 0.15) is 89.0 Å². The predicted molar refractivity (Wildman–Crippen MR) is 102 cm³/mol. The van der Waals surface area contributed by atoms with Crippen molar-refractivity contribution in [1.29, 1.82) is 0 Å². The summed E-state index contributed by atoms with van der Waals surface area (Å²) >= 11 is 0. The van der Waals surface area contributed by atoms with Gasteiger partial charge in [-0.05, 0) is 72.9 Å². The number of nitrogens with zero attached hydrogens (tertiary/aromatic N) is 1. The molecule has 0 saturated heterocycles. The molecule has 130 valence electrons. The van der Waals surface area contributed by atoms with E-state index >= 15 is 0 Å². The van der Waals surface area contributed by atoms with Gasteiger partial charge >= 0.3 is 0 Å². The smallest absolute Gasteiger partial charge is 0.0233 e. The summed E-state index contributed by atoms with van der Waals surface area (Å²) in [4.78, 5) is 2.49. The van der Waals surface area contributed by atoms with E-state index in [-0.39, 0.29) is 0 Å². The monoisotopic (exact) mass is 315 g/mol. The average Bonchev–Trinajstić information content (AvgIpc) is 2.46. The van der Waals surface area contributed by atoms with E-state index in [0.29, 0.717) is 10.8 Å². The number of aryl methyl sites for hydroxylation is 1. The lowest BCUT2D eigenvalue weighted by atomic mass is 9.62. The van der Waals surface area contributed by atoms with E-state index < -0.39 is 0 Å². The van der Waals surface area contributed by atoms with E-state index in [0.717, 1.165) is 6.54 Å². The Hall–Kier alpha value is -0.820. The quantitative estimate of drug-likeness (QED) is 0.585. The molecule has 1 nitrogen and oxygen atoms in total. The molecule has 23 heavy (non-hydrogen) atoms. The molecule has 0 aliphatic heterocycles. The maximum absolute atomic E-state index is 2.53. The number of fused-ring (bicyclic) bond motifs is 1. The molecule has 1 heteroatoms. The van der Waals surface area contributed by atoms with Gasteiger partial charge in [-0.3, -0.25) is 0 Å². The van der Waals surface area contributed by atoms with Gasteiger partial charge in [0.25, 0.3) is 0 Å². The van der Waals surface area contributed by atoms with Crippen molar-refractivity contribution >= 4 is 0 Å². The minimum absolute atomic E-state index is 0.314. The Balaban J connectivity index is 2.26. The van der Waals surface area contributed by atoms with Crippen molar-refractivity contribution in [3.63, 3.8) is 0 Å². The van der Waals surface area contributed by atoms with Gasteiger partial charge in [0.1, 0.15) is 0 Å².